The lowest BCUT2D eigenvalue weighted by Crippen LogP contribution is -2.33. The molecule has 1 saturated heterocycles. The van der Waals surface area contributed by atoms with E-state index in [0.717, 1.165) is 4.47 Å². The van der Waals surface area contributed by atoms with Crippen molar-refractivity contribution in [1.29, 1.82) is 0 Å². The molecule has 0 radical (unpaired) electrons. The standard InChI is InChI=1S/C12H13BrClNO3S/c13-10-3-2-9(8-11(10)14)12(16)15-4-1-6-19(17,18)7-5-15/h2-3,8H,1,4-7H2. The molecule has 0 aliphatic carbocycles. The molecule has 0 N–H and O–H groups in total. The molecule has 0 atom stereocenters. The molecule has 0 aromatic heterocycles. The molecule has 19 heavy (non-hydrogen) atoms. The van der Waals surface area contributed by atoms with Crippen LogP contribution in [0.15, 0.2) is 22.7 Å². The first kappa shape index (κ1) is 14.8. The average Bonchev–Trinajstić information content (AvgIpc) is 2.53. The van der Waals surface area contributed by atoms with Gasteiger partial charge in [-0.1, -0.05) is 11.6 Å². The molecule has 1 fully saturated rings. The Labute approximate surface area is 125 Å². The maximum atomic E-state index is 12.3. The molecular weight excluding hydrogens is 354 g/mol. The Balaban J connectivity index is 2.17. The van der Waals surface area contributed by atoms with Crippen LogP contribution in [0.25, 0.3) is 0 Å². The second kappa shape index (κ2) is 5.81. The Kier molecular flexibility index (Phi) is 4.53. The molecule has 1 aliphatic rings. The van der Waals surface area contributed by atoms with Crippen LogP contribution in [0.3, 0.4) is 0 Å². The van der Waals surface area contributed by atoms with Crippen LogP contribution in [0.4, 0.5) is 0 Å². The summed E-state index contributed by atoms with van der Waals surface area (Å²) in [5.74, 6) is 0.00689. The van der Waals surface area contributed by atoms with Crippen LogP contribution in [0, 0.1) is 0 Å². The van der Waals surface area contributed by atoms with Gasteiger partial charge in [0.1, 0.15) is 0 Å². The lowest BCUT2D eigenvalue weighted by atomic mass is 10.2. The van der Waals surface area contributed by atoms with Gasteiger partial charge in [0.05, 0.1) is 16.5 Å². The number of rotatable bonds is 1. The number of amides is 1. The minimum Gasteiger partial charge on any atom is -0.338 e. The fourth-order valence-corrected chi connectivity index (χ4v) is 3.65. The summed E-state index contributed by atoms with van der Waals surface area (Å²) >= 11 is 9.23. The minimum absolute atomic E-state index is 0.0308. The molecule has 2 rings (SSSR count). The van der Waals surface area contributed by atoms with Crippen LogP contribution < -0.4 is 0 Å². The van der Waals surface area contributed by atoms with Gasteiger partial charge >= 0.3 is 0 Å². The number of carbonyl (C=O) groups is 1. The Bertz CT molecular complexity index is 603. The zero-order chi connectivity index (χ0) is 14.0. The van der Waals surface area contributed by atoms with Gasteiger partial charge in [-0.3, -0.25) is 4.79 Å². The molecule has 0 bridgehead atoms. The summed E-state index contributed by atoms with van der Waals surface area (Å²) in [5, 5.41) is 0.466. The third-order valence-electron chi connectivity index (χ3n) is 3.01. The molecule has 1 heterocycles. The van der Waals surface area contributed by atoms with E-state index in [-0.39, 0.29) is 24.0 Å². The summed E-state index contributed by atoms with van der Waals surface area (Å²) in [4.78, 5) is 13.9. The number of sulfone groups is 1. The Morgan fingerprint density at radius 2 is 2.00 bits per heavy atom. The third kappa shape index (κ3) is 3.70. The molecule has 104 valence electrons. The van der Waals surface area contributed by atoms with Crippen LogP contribution in [0.5, 0.6) is 0 Å². The molecule has 1 aliphatic heterocycles. The second-order valence-electron chi connectivity index (χ2n) is 4.43. The van der Waals surface area contributed by atoms with Crippen LogP contribution in [0.2, 0.25) is 5.02 Å². The average molecular weight is 367 g/mol. The molecule has 1 aromatic carbocycles. The Morgan fingerprint density at radius 1 is 1.26 bits per heavy atom. The van der Waals surface area contributed by atoms with Crippen LogP contribution in [-0.2, 0) is 9.84 Å². The van der Waals surface area contributed by atoms with E-state index in [4.69, 9.17) is 11.6 Å². The zero-order valence-electron chi connectivity index (χ0n) is 10.1. The molecule has 1 amide bonds. The predicted molar refractivity (Wildman–Crippen MR) is 78.3 cm³/mol. The summed E-state index contributed by atoms with van der Waals surface area (Å²) in [6.45, 7) is 0.709. The minimum atomic E-state index is -3.01. The van der Waals surface area contributed by atoms with E-state index in [2.05, 4.69) is 15.9 Å². The zero-order valence-corrected chi connectivity index (χ0v) is 13.3. The van der Waals surface area contributed by atoms with Crippen molar-refractivity contribution in [3.8, 4) is 0 Å². The molecule has 0 saturated carbocycles. The smallest absolute Gasteiger partial charge is 0.253 e. The van der Waals surface area contributed by atoms with E-state index in [9.17, 15) is 13.2 Å². The van der Waals surface area contributed by atoms with Gasteiger partial charge in [0, 0.05) is 23.1 Å². The van der Waals surface area contributed by atoms with Crippen molar-refractivity contribution in [2.45, 2.75) is 6.42 Å². The Hall–Kier alpha value is -0.590. The van der Waals surface area contributed by atoms with Crippen LogP contribution in [0.1, 0.15) is 16.8 Å². The Morgan fingerprint density at radius 3 is 2.68 bits per heavy atom. The van der Waals surface area contributed by atoms with Gasteiger partial charge in [0.25, 0.3) is 5.91 Å². The van der Waals surface area contributed by atoms with Crippen molar-refractivity contribution in [2.24, 2.45) is 0 Å². The highest BCUT2D eigenvalue weighted by atomic mass is 79.9. The van der Waals surface area contributed by atoms with E-state index < -0.39 is 9.84 Å². The summed E-state index contributed by atoms with van der Waals surface area (Å²) in [6.07, 6.45) is 0.484. The lowest BCUT2D eigenvalue weighted by molar-refractivity contribution is 0.0768. The lowest BCUT2D eigenvalue weighted by Gasteiger charge is -2.19. The van der Waals surface area contributed by atoms with Crippen molar-refractivity contribution in [3.63, 3.8) is 0 Å². The second-order valence-corrected chi connectivity index (χ2v) is 7.99. The number of halogens is 2. The summed E-state index contributed by atoms with van der Waals surface area (Å²) in [7, 11) is -3.01. The first-order valence-electron chi connectivity index (χ1n) is 5.84. The number of benzene rings is 1. The SMILES string of the molecule is O=C(c1ccc(Br)c(Cl)c1)N1CCCS(=O)(=O)CC1. The maximum Gasteiger partial charge on any atom is 0.253 e. The first-order chi connectivity index (χ1) is 8.89. The number of carbonyl (C=O) groups excluding carboxylic acids is 1. The van der Waals surface area contributed by atoms with Crippen molar-refractivity contribution in [3.05, 3.63) is 33.3 Å². The van der Waals surface area contributed by atoms with Gasteiger partial charge in [-0.15, -0.1) is 0 Å². The molecule has 0 spiro atoms. The van der Waals surface area contributed by atoms with Crippen molar-refractivity contribution in [2.75, 3.05) is 24.6 Å². The topological polar surface area (TPSA) is 54.5 Å². The number of hydrogen-bond donors (Lipinski definition) is 0. The largest absolute Gasteiger partial charge is 0.338 e. The molecule has 4 nitrogen and oxygen atoms in total. The molecule has 1 aromatic rings. The van der Waals surface area contributed by atoms with Crippen molar-refractivity contribution in [1.82, 2.24) is 4.90 Å². The third-order valence-corrected chi connectivity index (χ3v) is 5.96. The highest BCUT2D eigenvalue weighted by molar-refractivity contribution is 9.10. The fraction of sp³-hybridized carbons (Fsp3) is 0.417. The van der Waals surface area contributed by atoms with Crippen LogP contribution >= 0.6 is 27.5 Å². The van der Waals surface area contributed by atoms with Crippen molar-refractivity contribution < 1.29 is 13.2 Å². The maximum absolute atomic E-state index is 12.3. The van der Waals surface area contributed by atoms with E-state index >= 15 is 0 Å². The molecular formula is C12H13BrClNO3S. The van der Waals surface area contributed by atoms with E-state index in [1.165, 1.54) is 0 Å². The summed E-state index contributed by atoms with van der Waals surface area (Å²) in [6, 6.07) is 4.98. The molecule has 0 unspecified atom stereocenters. The van der Waals surface area contributed by atoms with Gasteiger partial charge in [0.15, 0.2) is 9.84 Å². The predicted octanol–water partition coefficient (Wildman–Crippen LogP) is 2.36. The van der Waals surface area contributed by atoms with Gasteiger partial charge in [-0.2, -0.15) is 0 Å². The van der Waals surface area contributed by atoms with Gasteiger partial charge in [-0.05, 0) is 40.5 Å². The van der Waals surface area contributed by atoms with Gasteiger partial charge < -0.3 is 4.90 Å². The fourth-order valence-electron chi connectivity index (χ4n) is 1.95. The quantitative estimate of drug-likeness (QED) is 0.767. The first-order valence-corrected chi connectivity index (χ1v) is 8.83. The number of nitrogens with zero attached hydrogens (tertiary/aromatic N) is 1. The molecule has 7 heteroatoms. The van der Waals surface area contributed by atoms with Gasteiger partial charge in [-0.25, -0.2) is 8.42 Å². The highest BCUT2D eigenvalue weighted by Crippen LogP contribution is 2.24. The summed E-state index contributed by atoms with van der Waals surface area (Å²) < 4.78 is 23.7. The van der Waals surface area contributed by atoms with E-state index in [1.807, 2.05) is 0 Å². The van der Waals surface area contributed by atoms with Crippen LogP contribution in [-0.4, -0.2) is 43.8 Å². The monoisotopic (exact) mass is 365 g/mol. The van der Waals surface area contributed by atoms with E-state index in [0.29, 0.717) is 23.6 Å². The van der Waals surface area contributed by atoms with Gasteiger partial charge in [0.2, 0.25) is 0 Å². The van der Waals surface area contributed by atoms with E-state index in [1.54, 1.807) is 23.1 Å². The number of hydrogen-bond acceptors (Lipinski definition) is 3. The highest BCUT2D eigenvalue weighted by Gasteiger charge is 2.23. The normalized spacial score (nSPS) is 18.9. The summed E-state index contributed by atoms with van der Waals surface area (Å²) in [5.41, 5.74) is 0.479. The van der Waals surface area contributed by atoms with Crippen molar-refractivity contribution >= 4 is 43.3 Å².